The van der Waals surface area contributed by atoms with Gasteiger partial charge in [-0.1, -0.05) is 0 Å². The Morgan fingerprint density at radius 3 is 2.95 bits per heavy atom. The van der Waals surface area contributed by atoms with Crippen molar-refractivity contribution in [2.75, 3.05) is 26.3 Å². The van der Waals surface area contributed by atoms with Crippen LogP contribution in [0.4, 0.5) is 0 Å². The lowest BCUT2D eigenvalue weighted by Crippen LogP contribution is -2.41. The smallest absolute Gasteiger partial charge is 0.329 e. The molecule has 0 amide bonds. The van der Waals surface area contributed by atoms with Crippen molar-refractivity contribution in [2.45, 2.75) is 24.9 Å². The molecule has 1 aliphatic heterocycles. The van der Waals surface area contributed by atoms with Crippen molar-refractivity contribution in [1.82, 2.24) is 4.31 Å². The van der Waals surface area contributed by atoms with Gasteiger partial charge in [-0.25, -0.2) is 13.2 Å². The van der Waals surface area contributed by atoms with E-state index in [2.05, 4.69) is 0 Å². The summed E-state index contributed by atoms with van der Waals surface area (Å²) in [6.07, 6.45) is 2.95. The first kappa shape index (κ1) is 16.0. The number of carbonyl (C=O) groups is 1. The summed E-state index contributed by atoms with van der Waals surface area (Å²) < 4.78 is 36.4. The van der Waals surface area contributed by atoms with E-state index in [1.165, 1.54) is 16.6 Å². The molecule has 1 aromatic rings. The highest BCUT2D eigenvalue weighted by atomic mass is 32.2. The van der Waals surface area contributed by atoms with Gasteiger partial charge < -0.3 is 14.3 Å². The molecule has 1 unspecified atom stereocenters. The van der Waals surface area contributed by atoms with E-state index in [4.69, 9.17) is 14.3 Å². The molecule has 118 valence electrons. The van der Waals surface area contributed by atoms with Crippen molar-refractivity contribution in [3.05, 3.63) is 17.9 Å². The van der Waals surface area contributed by atoms with Gasteiger partial charge in [-0.05, 0) is 31.2 Å². The Balaban J connectivity index is 1.98. The largest absolute Gasteiger partial charge is 0.480 e. The molecule has 0 saturated carbocycles. The van der Waals surface area contributed by atoms with Gasteiger partial charge in [0.15, 0.2) is 0 Å². The predicted octanol–water partition coefficient (Wildman–Crippen LogP) is 1.09. The molecule has 1 saturated heterocycles. The molecule has 8 heteroatoms. The highest BCUT2D eigenvalue weighted by molar-refractivity contribution is 7.89. The van der Waals surface area contributed by atoms with Crippen LogP contribution in [0.5, 0.6) is 0 Å². The standard InChI is InChI=1S/C13H19NO6S/c1-10-5-13(20-7-10)21(17,18)14-4-2-3-11(6-14)8-19-9-12(15)16/h5,7,11H,2-4,6,8-9H2,1H3,(H,15,16). The first-order valence-corrected chi connectivity index (χ1v) is 8.18. The van der Waals surface area contributed by atoms with Crippen LogP contribution in [0, 0.1) is 12.8 Å². The minimum absolute atomic E-state index is 0.00364. The summed E-state index contributed by atoms with van der Waals surface area (Å²) in [4.78, 5) is 10.4. The van der Waals surface area contributed by atoms with Crippen LogP contribution < -0.4 is 0 Å². The third-order valence-corrected chi connectivity index (χ3v) is 5.10. The van der Waals surface area contributed by atoms with Gasteiger partial charge in [0.05, 0.1) is 12.9 Å². The average molecular weight is 317 g/mol. The second kappa shape index (κ2) is 6.59. The highest BCUT2D eigenvalue weighted by Gasteiger charge is 2.32. The Labute approximate surface area is 123 Å². The van der Waals surface area contributed by atoms with Crippen molar-refractivity contribution in [3.63, 3.8) is 0 Å². The topological polar surface area (TPSA) is 97.0 Å². The molecule has 21 heavy (non-hydrogen) atoms. The van der Waals surface area contributed by atoms with Crippen LogP contribution in [0.25, 0.3) is 0 Å². The number of aryl methyl sites for hydroxylation is 1. The molecule has 7 nitrogen and oxygen atoms in total. The van der Waals surface area contributed by atoms with Gasteiger partial charge in [0.2, 0.25) is 5.09 Å². The van der Waals surface area contributed by atoms with Gasteiger partial charge in [-0.3, -0.25) is 0 Å². The van der Waals surface area contributed by atoms with E-state index >= 15 is 0 Å². The molecule has 0 radical (unpaired) electrons. The van der Waals surface area contributed by atoms with Gasteiger partial charge in [-0.15, -0.1) is 0 Å². The molecule has 1 N–H and O–H groups in total. The fourth-order valence-corrected chi connectivity index (χ4v) is 3.90. The number of aliphatic carboxylic acids is 1. The molecule has 1 atom stereocenters. The highest BCUT2D eigenvalue weighted by Crippen LogP contribution is 2.25. The summed E-state index contributed by atoms with van der Waals surface area (Å²) >= 11 is 0. The predicted molar refractivity (Wildman–Crippen MR) is 73.4 cm³/mol. The Bertz CT molecular complexity index is 594. The summed E-state index contributed by atoms with van der Waals surface area (Å²) in [5, 5.41) is 8.48. The SMILES string of the molecule is Cc1coc(S(=O)(=O)N2CCCC(COCC(=O)O)C2)c1. The van der Waals surface area contributed by atoms with E-state index in [0.29, 0.717) is 13.1 Å². The van der Waals surface area contributed by atoms with Crippen molar-refractivity contribution in [2.24, 2.45) is 5.92 Å². The lowest BCUT2D eigenvalue weighted by atomic mass is 10.0. The maximum absolute atomic E-state index is 12.4. The summed E-state index contributed by atoms with van der Waals surface area (Å²) in [5.41, 5.74) is 0.756. The lowest BCUT2D eigenvalue weighted by molar-refractivity contribution is -0.142. The van der Waals surface area contributed by atoms with Crippen LogP contribution in [0.1, 0.15) is 18.4 Å². The zero-order valence-electron chi connectivity index (χ0n) is 11.8. The van der Waals surface area contributed by atoms with Crippen molar-refractivity contribution in [3.8, 4) is 0 Å². The molecule has 1 aliphatic rings. The average Bonchev–Trinajstić information content (AvgIpc) is 2.86. The fourth-order valence-electron chi connectivity index (χ4n) is 2.36. The first-order valence-electron chi connectivity index (χ1n) is 6.74. The van der Waals surface area contributed by atoms with E-state index in [0.717, 1.165) is 18.4 Å². The van der Waals surface area contributed by atoms with E-state index in [9.17, 15) is 13.2 Å². The van der Waals surface area contributed by atoms with Crippen molar-refractivity contribution < 1.29 is 27.5 Å². The number of nitrogens with zero attached hydrogens (tertiary/aromatic N) is 1. The minimum Gasteiger partial charge on any atom is -0.480 e. The molecule has 2 heterocycles. The number of piperidine rings is 1. The van der Waals surface area contributed by atoms with Crippen molar-refractivity contribution in [1.29, 1.82) is 0 Å². The third-order valence-electron chi connectivity index (χ3n) is 3.36. The maximum Gasteiger partial charge on any atom is 0.329 e. The maximum atomic E-state index is 12.4. The fraction of sp³-hybridized carbons (Fsp3) is 0.615. The van der Waals surface area contributed by atoms with Gasteiger partial charge >= 0.3 is 5.97 Å². The number of ether oxygens (including phenoxy) is 1. The van der Waals surface area contributed by atoms with E-state index in [-0.39, 0.29) is 24.2 Å². The molecule has 2 rings (SSSR count). The number of carboxylic acid groups (broad SMARTS) is 1. The number of sulfonamides is 1. The van der Waals surface area contributed by atoms with Crippen LogP contribution in [-0.2, 0) is 19.6 Å². The van der Waals surface area contributed by atoms with Gasteiger partial charge in [0.1, 0.15) is 6.61 Å². The number of furan rings is 1. The Morgan fingerprint density at radius 2 is 2.33 bits per heavy atom. The second-order valence-corrected chi connectivity index (χ2v) is 7.09. The normalized spacial score (nSPS) is 20.5. The lowest BCUT2D eigenvalue weighted by Gasteiger charge is -2.30. The van der Waals surface area contributed by atoms with Crippen LogP contribution in [0.15, 0.2) is 21.8 Å². The van der Waals surface area contributed by atoms with Gasteiger partial charge in [0, 0.05) is 19.2 Å². The third kappa shape index (κ3) is 4.05. The summed E-state index contributed by atoms with van der Waals surface area (Å²) in [6, 6.07) is 1.50. The number of rotatable bonds is 6. The Kier molecular flexibility index (Phi) is 5.02. The summed E-state index contributed by atoms with van der Waals surface area (Å²) in [5.74, 6) is -1.02. The molecule has 0 spiro atoms. The Morgan fingerprint density at radius 1 is 1.57 bits per heavy atom. The van der Waals surface area contributed by atoms with Gasteiger partial charge in [-0.2, -0.15) is 4.31 Å². The quantitative estimate of drug-likeness (QED) is 0.843. The van der Waals surface area contributed by atoms with Crippen molar-refractivity contribution >= 4 is 16.0 Å². The molecule has 0 aromatic carbocycles. The zero-order chi connectivity index (χ0) is 15.5. The van der Waals surface area contributed by atoms with Crippen LogP contribution in [0.2, 0.25) is 0 Å². The first-order chi connectivity index (χ1) is 9.89. The molecular weight excluding hydrogens is 298 g/mol. The van der Waals surface area contributed by atoms with Crippen LogP contribution >= 0.6 is 0 Å². The molecular formula is C13H19NO6S. The monoisotopic (exact) mass is 317 g/mol. The van der Waals surface area contributed by atoms with Gasteiger partial charge in [0.25, 0.3) is 10.0 Å². The second-order valence-electron chi connectivity index (χ2n) is 5.22. The molecule has 1 fully saturated rings. The summed E-state index contributed by atoms with van der Waals surface area (Å²) in [6.45, 7) is 2.41. The molecule has 0 aliphatic carbocycles. The number of carboxylic acids is 1. The number of hydrogen-bond acceptors (Lipinski definition) is 5. The molecule has 1 aromatic heterocycles. The minimum atomic E-state index is -3.62. The Hall–Kier alpha value is -1.38. The summed E-state index contributed by atoms with van der Waals surface area (Å²) in [7, 11) is -3.62. The molecule has 0 bridgehead atoms. The van der Waals surface area contributed by atoms with E-state index in [1.54, 1.807) is 6.92 Å². The van der Waals surface area contributed by atoms with E-state index in [1.807, 2.05) is 0 Å². The van der Waals surface area contributed by atoms with E-state index < -0.39 is 16.0 Å². The van der Waals surface area contributed by atoms with Crippen LogP contribution in [0.3, 0.4) is 0 Å². The van der Waals surface area contributed by atoms with Crippen LogP contribution in [-0.4, -0.2) is 50.1 Å². The zero-order valence-corrected chi connectivity index (χ0v) is 12.6. The number of hydrogen-bond donors (Lipinski definition) is 1.